The van der Waals surface area contributed by atoms with Crippen LogP contribution < -0.4 is 10.6 Å². The van der Waals surface area contributed by atoms with Gasteiger partial charge in [-0.15, -0.1) is 0 Å². The second-order valence-corrected chi connectivity index (χ2v) is 8.44. The van der Waals surface area contributed by atoms with Crippen molar-refractivity contribution in [1.29, 1.82) is 0 Å². The summed E-state index contributed by atoms with van der Waals surface area (Å²) >= 11 is 0. The third-order valence-electron chi connectivity index (χ3n) is 5.67. The molecule has 0 radical (unpaired) electrons. The second kappa shape index (κ2) is 10.9. The third-order valence-corrected chi connectivity index (χ3v) is 5.67. The summed E-state index contributed by atoms with van der Waals surface area (Å²) in [6.45, 7) is 5.48. The van der Waals surface area contributed by atoms with E-state index in [0.717, 1.165) is 31.5 Å². The number of carbonyl (C=O) groups excluding carboxylic acids is 3. The van der Waals surface area contributed by atoms with Crippen LogP contribution in [0.1, 0.15) is 59.4 Å². The number of nitrogens with one attached hydrogen (secondary N) is 2. The molecular formula is C25H30FN3O3. The largest absolute Gasteiger partial charge is 0.350 e. The van der Waals surface area contributed by atoms with Gasteiger partial charge in [-0.25, -0.2) is 4.39 Å². The van der Waals surface area contributed by atoms with E-state index in [1.165, 1.54) is 24.6 Å². The summed E-state index contributed by atoms with van der Waals surface area (Å²) in [5, 5.41) is 5.45. The van der Waals surface area contributed by atoms with Crippen molar-refractivity contribution in [1.82, 2.24) is 15.5 Å². The fraction of sp³-hybridized carbons (Fsp3) is 0.400. The topological polar surface area (TPSA) is 78.5 Å². The molecule has 1 fully saturated rings. The zero-order valence-corrected chi connectivity index (χ0v) is 18.6. The molecule has 0 unspecified atom stereocenters. The van der Waals surface area contributed by atoms with Gasteiger partial charge in [-0.3, -0.25) is 14.4 Å². The van der Waals surface area contributed by atoms with Gasteiger partial charge in [-0.2, -0.15) is 0 Å². The van der Waals surface area contributed by atoms with Gasteiger partial charge in [0, 0.05) is 25.2 Å². The lowest BCUT2D eigenvalue weighted by molar-refractivity contribution is -0.124. The van der Waals surface area contributed by atoms with Gasteiger partial charge in [0.15, 0.2) is 0 Å². The Labute approximate surface area is 188 Å². The minimum absolute atomic E-state index is 0.0380. The van der Waals surface area contributed by atoms with Crippen molar-refractivity contribution >= 4 is 17.7 Å². The number of carbonyl (C=O) groups is 3. The Morgan fingerprint density at radius 3 is 2.25 bits per heavy atom. The molecule has 7 heteroatoms. The average Bonchev–Trinajstić information content (AvgIpc) is 2.81. The molecule has 1 heterocycles. The van der Waals surface area contributed by atoms with Crippen molar-refractivity contribution in [3.63, 3.8) is 0 Å². The zero-order chi connectivity index (χ0) is 23.1. The summed E-state index contributed by atoms with van der Waals surface area (Å²) in [4.78, 5) is 39.6. The predicted molar refractivity (Wildman–Crippen MR) is 121 cm³/mol. The van der Waals surface area contributed by atoms with Crippen molar-refractivity contribution in [2.75, 3.05) is 13.1 Å². The Morgan fingerprint density at radius 1 is 0.969 bits per heavy atom. The molecular weight excluding hydrogens is 409 g/mol. The molecule has 0 spiro atoms. The maximum Gasteiger partial charge on any atom is 0.254 e. The number of likely N-dealkylation sites (tertiary alicyclic amines) is 1. The van der Waals surface area contributed by atoms with Gasteiger partial charge in [-0.1, -0.05) is 38.1 Å². The van der Waals surface area contributed by atoms with Crippen LogP contribution in [0.4, 0.5) is 4.39 Å². The highest BCUT2D eigenvalue weighted by Crippen LogP contribution is 2.14. The first kappa shape index (κ1) is 23.4. The van der Waals surface area contributed by atoms with E-state index in [0.29, 0.717) is 5.56 Å². The fourth-order valence-electron chi connectivity index (χ4n) is 3.74. The molecule has 3 amide bonds. The number of amides is 3. The molecule has 3 rings (SSSR count). The maximum absolute atomic E-state index is 13.9. The molecule has 0 bridgehead atoms. The van der Waals surface area contributed by atoms with E-state index >= 15 is 0 Å². The van der Waals surface area contributed by atoms with Gasteiger partial charge in [0.1, 0.15) is 11.9 Å². The predicted octanol–water partition coefficient (Wildman–Crippen LogP) is 3.52. The van der Waals surface area contributed by atoms with Crippen LogP contribution in [0.5, 0.6) is 0 Å². The Hall–Kier alpha value is -3.22. The van der Waals surface area contributed by atoms with E-state index in [4.69, 9.17) is 0 Å². The van der Waals surface area contributed by atoms with Crippen LogP contribution in [0.3, 0.4) is 0 Å². The summed E-state index contributed by atoms with van der Waals surface area (Å²) in [6, 6.07) is 12.1. The van der Waals surface area contributed by atoms with Gasteiger partial charge >= 0.3 is 0 Å². The van der Waals surface area contributed by atoms with Crippen LogP contribution in [0.15, 0.2) is 48.5 Å². The molecule has 1 aliphatic heterocycles. The SMILES string of the molecule is CC(C)[C@H](NC(=O)c1ccccc1F)C(=O)NCc1ccc(C(=O)N2CCCCC2)cc1. The Balaban J connectivity index is 1.57. The molecule has 0 aliphatic carbocycles. The molecule has 2 N–H and O–H groups in total. The molecule has 1 atom stereocenters. The zero-order valence-electron chi connectivity index (χ0n) is 18.6. The van der Waals surface area contributed by atoms with Crippen LogP contribution in [-0.2, 0) is 11.3 Å². The number of halogens is 1. The van der Waals surface area contributed by atoms with E-state index < -0.39 is 17.8 Å². The van der Waals surface area contributed by atoms with Crippen LogP contribution in [0.2, 0.25) is 0 Å². The van der Waals surface area contributed by atoms with Crippen molar-refractivity contribution in [2.45, 2.75) is 45.7 Å². The highest BCUT2D eigenvalue weighted by atomic mass is 19.1. The first-order chi connectivity index (χ1) is 15.4. The Kier molecular flexibility index (Phi) is 7.98. The van der Waals surface area contributed by atoms with Gasteiger partial charge in [0.2, 0.25) is 5.91 Å². The Bertz CT molecular complexity index is 953. The van der Waals surface area contributed by atoms with Crippen molar-refractivity contribution in [3.8, 4) is 0 Å². The summed E-state index contributed by atoms with van der Waals surface area (Å²) in [7, 11) is 0. The standard InChI is InChI=1S/C25H30FN3O3/c1-17(2)22(28-23(30)20-8-4-5-9-21(20)26)24(31)27-16-18-10-12-19(13-11-18)25(32)29-14-6-3-7-15-29/h4-5,8-13,17,22H,3,6-7,14-16H2,1-2H3,(H,27,31)(H,28,30)/t22-/m0/s1. The van der Waals surface area contributed by atoms with Gasteiger partial charge in [0.25, 0.3) is 11.8 Å². The number of hydrogen-bond acceptors (Lipinski definition) is 3. The smallest absolute Gasteiger partial charge is 0.254 e. The highest BCUT2D eigenvalue weighted by molar-refractivity contribution is 5.98. The lowest BCUT2D eigenvalue weighted by atomic mass is 10.0. The normalized spacial score (nSPS) is 14.7. The minimum atomic E-state index is -0.804. The van der Waals surface area contributed by atoms with Gasteiger partial charge in [0.05, 0.1) is 5.56 Å². The number of rotatable bonds is 7. The van der Waals surface area contributed by atoms with Crippen LogP contribution >= 0.6 is 0 Å². The molecule has 2 aromatic carbocycles. The average molecular weight is 440 g/mol. The van der Waals surface area contributed by atoms with Gasteiger partial charge in [-0.05, 0) is 55.0 Å². The lowest BCUT2D eigenvalue weighted by Gasteiger charge is -2.26. The highest BCUT2D eigenvalue weighted by Gasteiger charge is 2.25. The molecule has 0 aromatic heterocycles. The molecule has 170 valence electrons. The minimum Gasteiger partial charge on any atom is -0.350 e. The van der Waals surface area contributed by atoms with Crippen LogP contribution in [0.25, 0.3) is 0 Å². The van der Waals surface area contributed by atoms with Crippen molar-refractivity contribution < 1.29 is 18.8 Å². The van der Waals surface area contributed by atoms with Crippen molar-refractivity contribution in [2.24, 2.45) is 5.92 Å². The summed E-state index contributed by atoms with van der Waals surface area (Å²) in [6.07, 6.45) is 3.25. The quantitative estimate of drug-likeness (QED) is 0.693. The number of piperidine rings is 1. The third kappa shape index (κ3) is 5.93. The van der Waals surface area contributed by atoms with Gasteiger partial charge < -0.3 is 15.5 Å². The first-order valence-corrected chi connectivity index (χ1v) is 11.1. The number of nitrogens with zero attached hydrogens (tertiary/aromatic N) is 1. The van der Waals surface area contributed by atoms with E-state index in [1.54, 1.807) is 18.2 Å². The monoisotopic (exact) mass is 439 g/mol. The van der Waals surface area contributed by atoms with E-state index in [2.05, 4.69) is 10.6 Å². The second-order valence-electron chi connectivity index (χ2n) is 8.44. The van der Waals surface area contributed by atoms with Crippen LogP contribution in [-0.4, -0.2) is 41.8 Å². The molecule has 0 saturated carbocycles. The first-order valence-electron chi connectivity index (χ1n) is 11.1. The summed E-state index contributed by atoms with van der Waals surface area (Å²) in [5.74, 6) is -1.76. The Morgan fingerprint density at radius 2 is 1.62 bits per heavy atom. The van der Waals surface area contributed by atoms with Crippen molar-refractivity contribution in [3.05, 3.63) is 71.0 Å². The number of hydrogen-bond donors (Lipinski definition) is 2. The fourth-order valence-corrected chi connectivity index (χ4v) is 3.74. The van der Waals surface area contributed by atoms with E-state index in [1.807, 2.05) is 30.9 Å². The summed E-state index contributed by atoms with van der Waals surface area (Å²) < 4.78 is 13.9. The van der Waals surface area contributed by atoms with E-state index in [9.17, 15) is 18.8 Å². The molecule has 2 aromatic rings. The molecule has 1 saturated heterocycles. The molecule has 32 heavy (non-hydrogen) atoms. The molecule has 6 nitrogen and oxygen atoms in total. The summed E-state index contributed by atoms with van der Waals surface area (Å²) in [5.41, 5.74) is 1.38. The lowest BCUT2D eigenvalue weighted by Crippen LogP contribution is -2.49. The molecule has 1 aliphatic rings. The van der Waals surface area contributed by atoms with E-state index in [-0.39, 0.29) is 29.8 Å². The number of benzene rings is 2. The van der Waals surface area contributed by atoms with Crippen LogP contribution in [0, 0.1) is 11.7 Å². The maximum atomic E-state index is 13.9.